The van der Waals surface area contributed by atoms with Gasteiger partial charge in [-0.05, 0) is 12.5 Å². The van der Waals surface area contributed by atoms with Gasteiger partial charge >= 0.3 is 0 Å². The van der Waals surface area contributed by atoms with E-state index in [9.17, 15) is 4.79 Å². The number of carbonyl (C=O) groups excluding carboxylic acids is 1. The summed E-state index contributed by atoms with van der Waals surface area (Å²) in [7, 11) is 0. The van der Waals surface area contributed by atoms with Crippen molar-refractivity contribution in [2.75, 3.05) is 18.0 Å². The van der Waals surface area contributed by atoms with E-state index in [1.807, 2.05) is 13.0 Å². The Kier molecular flexibility index (Phi) is 4.95. The maximum Gasteiger partial charge on any atom is 0.242 e. The molecular formula is C15H24N4O. The Morgan fingerprint density at radius 3 is 3.05 bits per heavy atom. The molecule has 1 saturated heterocycles. The van der Waals surface area contributed by atoms with Crippen molar-refractivity contribution in [3.05, 3.63) is 23.9 Å². The van der Waals surface area contributed by atoms with Gasteiger partial charge in [0.1, 0.15) is 11.9 Å². The van der Waals surface area contributed by atoms with Gasteiger partial charge in [0.25, 0.3) is 0 Å². The molecule has 1 amide bonds. The predicted octanol–water partition coefficient (Wildman–Crippen LogP) is 1.29. The number of rotatable bonds is 5. The zero-order valence-corrected chi connectivity index (χ0v) is 12.5. The van der Waals surface area contributed by atoms with Crippen molar-refractivity contribution in [3.8, 4) is 0 Å². The maximum atomic E-state index is 12.0. The van der Waals surface area contributed by atoms with Crippen LogP contribution in [-0.4, -0.2) is 36.1 Å². The lowest BCUT2D eigenvalue weighted by Crippen LogP contribution is -2.55. The van der Waals surface area contributed by atoms with Crippen LogP contribution in [0.2, 0.25) is 0 Å². The van der Waals surface area contributed by atoms with Crippen molar-refractivity contribution in [2.45, 2.75) is 45.8 Å². The Balaban J connectivity index is 2.24. The summed E-state index contributed by atoms with van der Waals surface area (Å²) >= 11 is 0. The van der Waals surface area contributed by atoms with Crippen LogP contribution < -0.4 is 15.5 Å². The zero-order valence-electron chi connectivity index (χ0n) is 12.5. The van der Waals surface area contributed by atoms with Crippen LogP contribution in [0.3, 0.4) is 0 Å². The molecular weight excluding hydrogens is 252 g/mol. The summed E-state index contributed by atoms with van der Waals surface area (Å²) in [5.41, 5.74) is 1.15. The third-order valence-corrected chi connectivity index (χ3v) is 3.56. The van der Waals surface area contributed by atoms with Crippen LogP contribution in [0.25, 0.3) is 0 Å². The Morgan fingerprint density at radius 2 is 2.35 bits per heavy atom. The minimum Gasteiger partial charge on any atom is -0.353 e. The molecule has 20 heavy (non-hydrogen) atoms. The second-order valence-corrected chi connectivity index (χ2v) is 5.43. The standard InChI is InChI=1S/C15H24N4O/c1-4-13-15(20)17-8-9-19(13)14-12(6-5-7-16-14)10-18-11(2)3/h5-7,11,13,18H,4,8-10H2,1-3H3,(H,17,20). The summed E-state index contributed by atoms with van der Waals surface area (Å²) < 4.78 is 0. The zero-order chi connectivity index (χ0) is 14.5. The average molecular weight is 276 g/mol. The minimum atomic E-state index is -0.114. The number of nitrogens with one attached hydrogen (secondary N) is 2. The monoisotopic (exact) mass is 276 g/mol. The second-order valence-electron chi connectivity index (χ2n) is 5.43. The van der Waals surface area contributed by atoms with Crippen molar-refractivity contribution < 1.29 is 4.79 Å². The Morgan fingerprint density at radius 1 is 1.55 bits per heavy atom. The summed E-state index contributed by atoms with van der Waals surface area (Å²) in [6, 6.07) is 4.34. The van der Waals surface area contributed by atoms with Gasteiger partial charge in [0.2, 0.25) is 5.91 Å². The summed E-state index contributed by atoms with van der Waals surface area (Å²) in [4.78, 5) is 18.6. The number of hydrogen-bond donors (Lipinski definition) is 2. The first-order chi connectivity index (χ1) is 9.63. The van der Waals surface area contributed by atoms with E-state index < -0.39 is 0 Å². The van der Waals surface area contributed by atoms with E-state index in [0.717, 1.165) is 30.9 Å². The summed E-state index contributed by atoms with van der Waals surface area (Å²) in [6.45, 7) is 8.56. The van der Waals surface area contributed by atoms with Gasteiger partial charge in [-0.1, -0.05) is 26.8 Å². The molecule has 0 radical (unpaired) electrons. The van der Waals surface area contributed by atoms with Gasteiger partial charge in [-0.3, -0.25) is 4.79 Å². The maximum absolute atomic E-state index is 12.0. The van der Waals surface area contributed by atoms with Crippen molar-refractivity contribution in [1.29, 1.82) is 0 Å². The molecule has 1 fully saturated rings. The molecule has 0 aliphatic carbocycles. The molecule has 0 spiro atoms. The van der Waals surface area contributed by atoms with Crippen molar-refractivity contribution >= 4 is 11.7 Å². The Hall–Kier alpha value is -1.62. The molecule has 5 nitrogen and oxygen atoms in total. The van der Waals surface area contributed by atoms with E-state index in [0.29, 0.717) is 12.6 Å². The van der Waals surface area contributed by atoms with Crippen molar-refractivity contribution in [3.63, 3.8) is 0 Å². The molecule has 5 heteroatoms. The smallest absolute Gasteiger partial charge is 0.242 e. The molecule has 0 saturated carbocycles. The Bertz CT molecular complexity index is 461. The van der Waals surface area contributed by atoms with Gasteiger partial charge in [0.05, 0.1) is 0 Å². The third-order valence-electron chi connectivity index (χ3n) is 3.56. The lowest BCUT2D eigenvalue weighted by atomic mass is 10.1. The number of piperazine rings is 1. The molecule has 1 aromatic rings. The van der Waals surface area contributed by atoms with Crippen LogP contribution >= 0.6 is 0 Å². The number of amides is 1. The molecule has 1 aliphatic rings. The molecule has 1 aliphatic heterocycles. The van der Waals surface area contributed by atoms with Crippen LogP contribution in [0.4, 0.5) is 5.82 Å². The lowest BCUT2D eigenvalue weighted by molar-refractivity contribution is -0.123. The SMILES string of the molecule is CCC1C(=O)NCCN1c1ncccc1CNC(C)C. The first kappa shape index (κ1) is 14.8. The lowest BCUT2D eigenvalue weighted by Gasteiger charge is -2.36. The molecule has 2 rings (SSSR count). The van der Waals surface area contributed by atoms with Crippen molar-refractivity contribution in [2.24, 2.45) is 0 Å². The first-order valence-electron chi connectivity index (χ1n) is 7.35. The fourth-order valence-electron chi connectivity index (χ4n) is 2.51. The van der Waals surface area contributed by atoms with E-state index in [1.165, 1.54) is 0 Å². The molecule has 0 aromatic carbocycles. The normalized spacial score (nSPS) is 19.3. The number of anilines is 1. The van der Waals surface area contributed by atoms with E-state index in [1.54, 1.807) is 6.20 Å². The highest BCUT2D eigenvalue weighted by Crippen LogP contribution is 2.22. The summed E-state index contributed by atoms with van der Waals surface area (Å²) in [5, 5.41) is 6.35. The molecule has 1 atom stereocenters. The van der Waals surface area contributed by atoms with Crippen LogP contribution in [0.15, 0.2) is 18.3 Å². The topological polar surface area (TPSA) is 57.3 Å². The van der Waals surface area contributed by atoms with E-state index in [2.05, 4.69) is 40.4 Å². The largest absolute Gasteiger partial charge is 0.353 e. The van der Waals surface area contributed by atoms with Crippen LogP contribution in [0.1, 0.15) is 32.8 Å². The summed E-state index contributed by atoms with van der Waals surface area (Å²) in [6.07, 6.45) is 2.59. The average Bonchev–Trinajstić information content (AvgIpc) is 2.45. The number of nitrogens with zero attached hydrogens (tertiary/aromatic N) is 2. The molecule has 1 aromatic heterocycles. The third kappa shape index (κ3) is 3.28. The highest BCUT2D eigenvalue weighted by Gasteiger charge is 2.30. The van der Waals surface area contributed by atoms with Gasteiger partial charge in [-0.25, -0.2) is 4.98 Å². The van der Waals surface area contributed by atoms with E-state index in [4.69, 9.17) is 0 Å². The van der Waals surface area contributed by atoms with Gasteiger partial charge < -0.3 is 15.5 Å². The highest BCUT2D eigenvalue weighted by molar-refractivity contribution is 5.86. The van der Waals surface area contributed by atoms with Gasteiger partial charge in [0.15, 0.2) is 0 Å². The molecule has 0 bridgehead atoms. The number of carbonyl (C=O) groups is 1. The minimum absolute atomic E-state index is 0.104. The predicted molar refractivity (Wildman–Crippen MR) is 80.6 cm³/mol. The number of aromatic nitrogens is 1. The van der Waals surface area contributed by atoms with Crippen LogP contribution in [-0.2, 0) is 11.3 Å². The fraction of sp³-hybridized carbons (Fsp3) is 0.600. The molecule has 110 valence electrons. The molecule has 1 unspecified atom stereocenters. The van der Waals surface area contributed by atoms with Crippen LogP contribution in [0.5, 0.6) is 0 Å². The number of pyridine rings is 1. The fourth-order valence-corrected chi connectivity index (χ4v) is 2.51. The van der Waals surface area contributed by atoms with Crippen molar-refractivity contribution in [1.82, 2.24) is 15.6 Å². The van der Waals surface area contributed by atoms with E-state index >= 15 is 0 Å². The number of hydrogen-bond acceptors (Lipinski definition) is 4. The van der Waals surface area contributed by atoms with Gasteiger partial charge in [0, 0.05) is 37.4 Å². The van der Waals surface area contributed by atoms with Gasteiger partial charge in [-0.15, -0.1) is 0 Å². The van der Waals surface area contributed by atoms with E-state index in [-0.39, 0.29) is 11.9 Å². The summed E-state index contributed by atoms with van der Waals surface area (Å²) in [5.74, 6) is 1.04. The second kappa shape index (κ2) is 6.70. The molecule has 2 N–H and O–H groups in total. The highest BCUT2D eigenvalue weighted by atomic mass is 16.2. The quantitative estimate of drug-likeness (QED) is 0.851. The van der Waals surface area contributed by atoms with Gasteiger partial charge in [-0.2, -0.15) is 0 Å². The molecule has 2 heterocycles. The Labute approximate surface area is 120 Å². The first-order valence-corrected chi connectivity index (χ1v) is 7.35. The van der Waals surface area contributed by atoms with Crippen LogP contribution in [0, 0.1) is 0 Å².